The standard InChI is InChI=1S/C27H25IN2O5/c1-16-12-17(28)14-18(13-16)29-26(33)24(10-11-25(31)32)30-27(34)35-15-23-21-8-4-2-6-19(21)20-7-3-5-9-22(20)23/h2-9,12-14,23-24H,10-11,15H2,1H3,(H,29,33)(H,30,34)(H,31,32). The Hall–Kier alpha value is -3.40. The summed E-state index contributed by atoms with van der Waals surface area (Å²) in [5, 5.41) is 14.4. The Balaban J connectivity index is 1.43. The van der Waals surface area contributed by atoms with Crippen molar-refractivity contribution in [3.8, 4) is 11.1 Å². The van der Waals surface area contributed by atoms with Crippen LogP contribution in [-0.4, -0.2) is 35.7 Å². The van der Waals surface area contributed by atoms with Crippen LogP contribution >= 0.6 is 22.6 Å². The summed E-state index contributed by atoms with van der Waals surface area (Å²) in [6.07, 6.45) is -1.10. The van der Waals surface area contributed by atoms with Crippen molar-refractivity contribution in [2.24, 2.45) is 0 Å². The van der Waals surface area contributed by atoms with Gasteiger partial charge in [-0.1, -0.05) is 48.5 Å². The van der Waals surface area contributed by atoms with Crippen LogP contribution in [0.25, 0.3) is 11.1 Å². The number of carboxylic acids is 1. The number of hydrogen-bond acceptors (Lipinski definition) is 4. The van der Waals surface area contributed by atoms with Crippen molar-refractivity contribution >= 4 is 46.2 Å². The molecule has 0 saturated carbocycles. The van der Waals surface area contributed by atoms with Gasteiger partial charge in [0.1, 0.15) is 12.6 Å². The van der Waals surface area contributed by atoms with Gasteiger partial charge in [0.15, 0.2) is 0 Å². The average molecular weight is 584 g/mol. The van der Waals surface area contributed by atoms with Crippen molar-refractivity contribution in [1.82, 2.24) is 5.32 Å². The van der Waals surface area contributed by atoms with Crippen LogP contribution in [0.2, 0.25) is 0 Å². The van der Waals surface area contributed by atoms with Crippen LogP contribution in [-0.2, 0) is 14.3 Å². The fraction of sp³-hybridized carbons (Fsp3) is 0.222. The summed E-state index contributed by atoms with van der Waals surface area (Å²) >= 11 is 2.15. The number of hydrogen-bond donors (Lipinski definition) is 3. The van der Waals surface area contributed by atoms with Gasteiger partial charge >= 0.3 is 12.1 Å². The summed E-state index contributed by atoms with van der Waals surface area (Å²) in [4.78, 5) is 36.7. The zero-order chi connectivity index (χ0) is 24.9. The van der Waals surface area contributed by atoms with Crippen molar-refractivity contribution in [2.75, 3.05) is 11.9 Å². The van der Waals surface area contributed by atoms with Gasteiger partial charge in [0.25, 0.3) is 0 Å². The highest BCUT2D eigenvalue weighted by atomic mass is 127. The molecule has 3 aromatic carbocycles. The van der Waals surface area contributed by atoms with Crippen molar-refractivity contribution in [3.63, 3.8) is 0 Å². The molecule has 0 bridgehead atoms. The van der Waals surface area contributed by atoms with Crippen LogP contribution in [0.5, 0.6) is 0 Å². The zero-order valence-corrected chi connectivity index (χ0v) is 21.2. The number of alkyl carbamates (subject to hydrolysis) is 1. The van der Waals surface area contributed by atoms with E-state index in [-0.39, 0.29) is 25.4 Å². The number of fused-ring (bicyclic) bond motifs is 3. The minimum Gasteiger partial charge on any atom is -0.481 e. The molecule has 1 atom stereocenters. The van der Waals surface area contributed by atoms with Gasteiger partial charge in [0.2, 0.25) is 5.91 Å². The normalized spacial score (nSPS) is 12.9. The molecule has 35 heavy (non-hydrogen) atoms. The van der Waals surface area contributed by atoms with Gasteiger partial charge in [0, 0.05) is 21.6 Å². The molecule has 0 fully saturated rings. The highest BCUT2D eigenvalue weighted by Gasteiger charge is 2.30. The number of aryl methyl sites for hydroxylation is 1. The first-order valence-corrected chi connectivity index (χ1v) is 12.3. The van der Waals surface area contributed by atoms with E-state index in [9.17, 15) is 14.4 Å². The second-order valence-electron chi connectivity index (χ2n) is 8.46. The molecule has 1 unspecified atom stereocenters. The maximum Gasteiger partial charge on any atom is 0.407 e. The Kier molecular flexibility index (Phi) is 7.70. The molecule has 2 amide bonds. The molecule has 0 aliphatic heterocycles. The third kappa shape index (κ3) is 6.00. The maximum absolute atomic E-state index is 12.9. The summed E-state index contributed by atoms with van der Waals surface area (Å²) in [6, 6.07) is 20.5. The number of anilines is 1. The molecule has 7 nitrogen and oxygen atoms in total. The molecular weight excluding hydrogens is 559 g/mol. The van der Waals surface area contributed by atoms with Gasteiger partial charge < -0.3 is 20.5 Å². The van der Waals surface area contributed by atoms with Gasteiger partial charge in [-0.3, -0.25) is 9.59 Å². The van der Waals surface area contributed by atoms with Gasteiger partial charge in [-0.15, -0.1) is 0 Å². The number of carboxylic acid groups (broad SMARTS) is 1. The van der Waals surface area contributed by atoms with Crippen LogP contribution in [0, 0.1) is 10.5 Å². The summed E-state index contributed by atoms with van der Waals surface area (Å²) in [5.74, 6) is -1.67. The van der Waals surface area contributed by atoms with E-state index in [1.165, 1.54) is 0 Å². The van der Waals surface area contributed by atoms with E-state index in [4.69, 9.17) is 9.84 Å². The molecule has 0 aromatic heterocycles. The first-order chi connectivity index (χ1) is 16.8. The molecule has 3 N–H and O–H groups in total. The van der Waals surface area contributed by atoms with Crippen molar-refractivity contribution in [1.29, 1.82) is 0 Å². The lowest BCUT2D eigenvalue weighted by molar-refractivity contribution is -0.137. The predicted octanol–water partition coefficient (Wildman–Crippen LogP) is 5.31. The van der Waals surface area contributed by atoms with Gasteiger partial charge in [-0.05, 0) is 82.0 Å². The molecule has 180 valence electrons. The number of aliphatic carboxylic acids is 1. The Morgan fingerprint density at radius 2 is 1.63 bits per heavy atom. The van der Waals surface area contributed by atoms with Gasteiger partial charge in [0.05, 0.1) is 0 Å². The van der Waals surface area contributed by atoms with Crippen LogP contribution in [0.3, 0.4) is 0 Å². The lowest BCUT2D eigenvalue weighted by Gasteiger charge is -2.19. The summed E-state index contributed by atoms with van der Waals surface area (Å²) in [7, 11) is 0. The lowest BCUT2D eigenvalue weighted by Crippen LogP contribution is -2.44. The van der Waals surface area contributed by atoms with Crippen molar-refractivity contribution in [3.05, 3.63) is 87.0 Å². The third-order valence-electron chi connectivity index (χ3n) is 5.91. The largest absolute Gasteiger partial charge is 0.481 e. The van der Waals surface area contributed by atoms with Crippen LogP contribution in [0.15, 0.2) is 66.7 Å². The lowest BCUT2D eigenvalue weighted by atomic mass is 9.98. The van der Waals surface area contributed by atoms with Crippen LogP contribution in [0.4, 0.5) is 10.5 Å². The molecular formula is C27H25IN2O5. The Morgan fingerprint density at radius 1 is 1.00 bits per heavy atom. The quantitative estimate of drug-likeness (QED) is 0.312. The third-order valence-corrected chi connectivity index (χ3v) is 6.53. The van der Waals surface area contributed by atoms with E-state index in [0.717, 1.165) is 31.4 Å². The van der Waals surface area contributed by atoms with Crippen LogP contribution < -0.4 is 10.6 Å². The van der Waals surface area contributed by atoms with Gasteiger partial charge in [-0.2, -0.15) is 0 Å². The van der Waals surface area contributed by atoms with E-state index in [1.807, 2.05) is 67.6 Å². The second kappa shape index (κ2) is 10.9. The monoisotopic (exact) mass is 584 g/mol. The Bertz CT molecular complexity index is 1210. The van der Waals surface area contributed by atoms with E-state index in [0.29, 0.717) is 5.69 Å². The minimum absolute atomic E-state index is 0.0612. The number of carbonyl (C=O) groups is 3. The second-order valence-corrected chi connectivity index (χ2v) is 9.71. The topological polar surface area (TPSA) is 105 Å². The number of benzene rings is 3. The van der Waals surface area contributed by atoms with E-state index in [2.05, 4.69) is 33.2 Å². The summed E-state index contributed by atoms with van der Waals surface area (Å²) in [6.45, 7) is 2.01. The number of halogens is 1. The molecule has 4 rings (SSSR count). The SMILES string of the molecule is Cc1cc(I)cc(NC(=O)C(CCC(=O)O)NC(=O)OCC2c3ccccc3-c3ccccc32)c1. The van der Waals surface area contributed by atoms with E-state index < -0.39 is 24.0 Å². The van der Waals surface area contributed by atoms with Gasteiger partial charge in [-0.25, -0.2) is 4.79 Å². The van der Waals surface area contributed by atoms with Crippen molar-refractivity contribution in [2.45, 2.75) is 31.7 Å². The smallest absolute Gasteiger partial charge is 0.407 e. The molecule has 8 heteroatoms. The van der Waals surface area contributed by atoms with Crippen molar-refractivity contribution < 1.29 is 24.2 Å². The highest BCUT2D eigenvalue weighted by Crippen LogP contribution is 2.44. The van der Waals surface area contributed by atoms with E-state index >= 15 is 0 Å². The number of ether oxygens (including phenoxy) is 1. The van der Waals surface area contributed by atoms with Crippen LogP contribution in [0.1, 0.15) is 35.4 Å². The molecule has 1 aliphatic rings. The number of nitrogens with one attached hydrogen (secondary N) is 2. The fourth-order valence-electron chi connectivity index (χ4n) is 4.36. The molecule has 0 saturated heterocycles. The predicted molar refractivity (Wildman–Crippen MR) is 141 cm³/mol. The fourth-order valence-corrected chi connectivity index (χ4v) is 5.18. The van der Waals surface area contributed by atoms with E-state index in [1.54, 1.807) is 6.07 Å². The highest BCUT2D eigenvalue weighted by molar-refractivity contribution is 14.1. The molecule has 0 spiro atoms. The molecule has 0 heterocycles. The first-order valence-electron chi connectivity index (χ1n) is 11.2. The summed E-state index contributed by atoms with van der Waals surface area (Å²) < 4.78 is 6.49. The Labute approximate surface area is 217 Å². The zero-order valence-electron chi connectivity index (χ0n) is 19.1. The molecule has 0 radical (unpaired) electrons. The maximum atomic E-state index is 12.9. The minimum atomic E-state index is -1.06. The molecule has 3 aromatic rings. The number of rotatable bonds is 8. The Morgan fingerprint density at radius 3 is 2.23 bits per heavy atom. The number of carbonyl (C=O) groups excluding carboxylic acids is 2. The molecule has 1 aliphatic carbocycles. The summed E-state index contributed by atoms with van der Waals surface area (Å²) in [5.41, 5.74) is 5.94. The number of amides is 2. The first kappa shape index (κ1) is 24.7. The average Bonchev–Trinajstić information content (AvgIpc) is 3.13.